The van der Waals surface area contributed by atoms with Gasteiger partial charge in [-0.2, -0.15) is 0 Å². The molecule has 1 aromatic heterocycles. The van der Waals surface area contributed by atoms with E-state index in [4.69, 9.17) is 22.4 Å². The van der Waals surface area contributed by atoms with Crippen LogP contribution in [0.15, 0.2) is 17.2 Å². The van der Waals surface area contributed by atoms with Crippen molar-refractivity contribution < 1.29 is 5.11 Å². The number of halogens is 1. The molecule has 66 valence electrons. The third-order valence-electron chi connectivity index (χ3n) is 1.19. The Labute approximate surface area is 79.9 Å². The van der Waals surface area contributed by atoms with Crippen LogP contribution in [0.2, 0.25) is 5.15 Å². The molecule has 12 heavy (non-hydrogen) atoms. The molecule has 3 N–H and O–H groups in total. The molecule has 0 aliphatic rings. The Morgan fingerprint density at radius 1 is 1.58 bits per heavy atom. The zero-order valence-electron chi connectivity index (χ0n) is 6.33. The van der Waals surface area contributed by atoms with Crippen LogP contribution < -0.4 is 5.73 Å². The lowest BCUT2D eigenvalue weighted by Gasteiger charge is -2.02. The number of nitrogens with zero attached hydrogens (tertiary/aromatic N) is 1. The van der Waals surface area contributed by atoms with E-state index in [1.165, 1.54) is 11.8 Å². The van der Waals surface area contributed by atoms with Gasteiger partial charge in [-0.3, -0.25) is 0 Å². The highest BCUT2D eigenvalue weighted by atomic mass is 35.5. The predicted octanol–water partition coefficient (Wildman–Crippen LogP) is 1.40. The van der Waals surface area contributed by atoms with Crippen LogP contribution in [0, 0.1) is 0 Å². The minimum atomic E-state index is 0.109. The van der Waals surface area contributed by atoms with Crippen molar-refractivity contribution in [2.75, 3.05) is 18.1 Å². The van der Waals surface area contributed by atoms with Crippen molar-refractivity contribution in [2.24, 2.45) is 0 Å². The number of pyridine rings is 1. The monoisotopic (exact) mass is 204 g/mol. The van der Waals surface area contributed by atoms with Crippen LogP contribution in [0.3, 0.4) is 0 Å². The molecule has 0 aromatic carbocycles. The molecular formula is C7H9ClN2OS. The molecule has 0 fully saturated rings. The lowest BCUT2D eigenvalue weighted by Crippen LogP contribution is -1.94. The molecule has 3 nitrogen and oxygen atoms in total. The van der Waals surface area contributed by atoms with Crippen LogP contribution in [0.5, 0.6) is 0 Å². The summed E-state index contributed by atoms with van der Waals surface area (Å²) in [6.45, 7) is 0.109. The number of aliphatic hydroxyl groups excluding tert-OH is 1. The molecule has 5 heteroatoms. The zero-order valence-corrected chi connectivity index (χ0v) is 7.90. The second-order valence-corrected chi connectivity index (χ2v) is 3.57. The van der Waals surface area contributed by atoms with Crippen molar-refractivity contribution in [1.82, 2.24) is 4.98 Å². The maximum absolute atomic E-state index is 8.57. The van der Waals surface area contributed by atoms with Crippen LogP contribution in [0.4, 0.5) is 5.69 Å². The minimum absolute atomic E-state index is 0.109. The van der Waals surface area contributed by atoms with Crippen molar-refractivity contribution in [1.29, 1.82) is 0 Å². The van der Waals surface area contributed by atoms with E-state index in [1.807, 2.05) is 0 Å². The predicted molar refractivity (Wildman–Crippen MR) is 51.5 cm³/mol. The van der Waals surface area contributed by atoms with E-state index in [1.54, 1.807) is 12.1 Å². The highest BCUT2D eigenvalue weighted by Gasteiger charge is 2.01. The lowest BCUT2D eigenvalue weighted by molar-refractivity contribution is 0.322. The van der Waals surface area contributed by atoms with Gasteiger partial charge < -0.3 is 10.8 Å². The Hall–Kier alpha value is -0.450. The summed E-state index contributed by atoms with van der Waals surface area (Å²) in [6, 6.07) is 3.34. The number of hydrogen-bond acceptors (Lipinski definition) is 4. The van der Waals surface area contributed by atoms with Crippen LogP contribution in [0.25, 0.3) is 0 Å². The van der Waals surface area contributed by atoms with E-state index in [-0.39, 0.29) is 6.61 Å². The summed E-state index contributed by atoms with van der Waals surface area (Å²) in [5.74, 6) is 0.581. The average molecular weight is 205 g/mol. The average Bonchev–Trinajstić information content (AvgIpc) is 2.07. The second kappa shape index (κ2) is 4.54. The summed E-state index contributed by atoms with van der Waals surface area (Å²) in [5.41, 5.74) is 6.20. The van der Waals surface area contributed by atoms with Gasteiger partial charge in [0, 0.05) is 5.75 Å². The molecule has 0 atom stereocenters. The van der Waals surface area contributed by atoms with Gasteiger partial charge in [0.2, 0.25) is 0 Å². The lowest BCUT2D eigenvalue weighted by atomic mass is 10.4. The molecule has 0 saturated heterocycles. The highest BCUT2D eigenvalue weighted by molar-refractivity contribution is 7.99. The number of anilines is 1. The summed E-state index contributed by atoms with van der Waals surface area (Å²) in [4.78, 5) is 4.00. The van der Waals surface area contributed by atoms with Crippen LogP contribution >= 0.6 is 23.4 Å². The van der Waals surface area contributed by atoms with Gasteiger partial charge >= 0.3 is 0 Å². The number of hydrogen-bond donors (Lipinski definition) is 2. The van der Waals surface area contributed by atoms with Crippen LogP contribution in [-0.2, 0) is 0 Å². The number of aliphatic hydroxyl groups is 1. The summed E-state index contributed by atoms with van der Waals surface area (Å²) in [7, 11) is 0. The SMILES string of the molecule is Nc1ccc(Cl)nc1SCCO. The van der Waals surface area contributed by atoms with E-state index in [2.05, 4.69) is 4.98 Å². The first-order valence-corrected chi connectivity index (χ1v) is 4.76. The fraction of sp³-hybridized carbons (Fsp3) is 0.286. The van der Waals surface area contributed by atoms with Crippen LogP contribution in [-0.4, -0.2) is 22.5 Å². The molecule has 0 aliphatic carbocycles. The van der Waals surface area contributed by atoms with Crippen molar-refractivity contribution in [2.45, 2.75) is 5.03 Å². The van der Waals surface area contributed by atoms with Gasteiger partial charge in [0.25, 0.3) is 0 Å². The Kier molecular flexibility index (Phi) is 3.65. The first kappa shape index (κ1) is 9.64. The van der Waals surface area contributed by atoms with E-state index in [9.17, 15) is 0 Å². The Bertz CT molecular complexity index is 270. The minimum Gasteiger partial charge on any atom is -0.397 e. The molecule has 1 heterocycles. The molecule has 0 bridgehead atoms. The maximum atomic E-state index is 8.57. The second-order valence-electron chi connectivity index (χ2n) is 2.10. The van der Waals surface area contributed by atoms with Gasteiger partial charge in [-0.1, -0.05) is 11.6 Å². The summed E-state index contributed by atoms with van der Waals surface area (Å²) >= 11 is 7.04. The molecule has 0 aliphatic heterocycles. The molecular weight excluding hydrogens is 196 g/mol. The molecule has 0 amide bonds. The third-order valence-corrected chi connectivity index (χ3v) is 2.38. The zero-order chi connectivity index (χ0) is 8.97. The van der Waals surface area contributed by atoms with E-state index < -0.39 is 0 Å². The third kappa shape index (κ3) is 2.55. The quantitative estimate of drug-likeness (QED) is 0.577. The summed E-state index contributed by atoms with van der Waals surface area (Å²) in [6.07, 6.45) is 0. The number of aromatic nitrogens is 1. The van der Waals surface area contributed by atoms with Gasteiger partial charge in [0.15, 0.2) is 0 Å². The van der Waals surface area contributed by atoms with E-state index >= 15 is 0 Å². The maximum Gasteiger partial charge on any atom is 0.130 e. The first-order valence-electron chi connectivity index (χ1n) is 3.39. The number of thioether (sulfide) groups is 1. The van der Waals surface area contributed by atoms with Crippen molar-refractivity contribution in [3.63, 3.8) is 0 Å². The van der Waals surface area contributed by atoms with Crippen LogP contribution in [0.1, 0.15) is 0 Å². The Morgan fingerprint density at radius 3 is 3.00 bits per heavy atom. The number of nitrogens with two attached hydrogens (primary N) is 1. The van der Waals surface area contributed by atoms with Gasteiger partial charge in [-0.25, -0.2) is 4.98 Å². The van der Waals surface area contributed by atoms with Crippen molar-refractivity contribution in [3.8, 4) is 0 Å². The molecule has 0 unspecified atom stereocenters. The molecule has 1 aromatic rings. The highest BCUT2D eigenvalue weighted by Crippen LogP contribution is 2.23. The molecule has 0 spiro atoms. The first-order chi connectivity index (χ1) is 5.74. The molecule has 0 radical (unpaired) electrons. The topological polar surface area (TPSA) is 59.1 Å². The van der Waals surface area contributed by atoms with Gasteiger partial charge in [0.1, 0.15) is 10.2 Å². The van der Waals surface area contributed by atoms with Gasteiger partial charge in [-0.05, 0) is 12.1 Å². The summed E-state index contributed by atoms with van der Waals surface area (Å²) in [5, 5.41) is 9.66. The van der Waals surface area contributed by atoms with Crippen molar-refractivity contribution in [3.05, 3.63) is 17.3 Å². The number of rotatable bonds is 3. The van der Waals surface area contributed by atoms with Gasteiger partial charge in [0.05, 0.1) is 12.3 Å². The normalized spacial score (nSPS) is 10.2. The summed E-state index contributed by atoms with van der Waals surface area (Å²) < 4.78 is 0. The van der Waals surface area contributed by atoms with E-state index in [0.29, 0.717) is 21.6 Å². The number of nitrogen functional groups attached to an aromatic ring is 1. The van der Waals surface area contributed by atoms with Gasteiger partial charge in [-0.15, -0.1) is 11.8 Å². The molecule has 1 rings (SSSR count). The Morgan fingerprint density at radius 2 is 2.33 bits per heavy atom. The fourth-order valence-corrected chi connectivity index (χ4v) is 1.57. The van der Waals surface area contributed by atoms with Crippen molar-refractivity contribution >= 4 is 29.1 Å². The standard InChI is InChI=1S/C7H9ClN2OS/c8-6-2-1-5(9)7(10-6)12-4-3-11/h1-2,11H,3-4,9H2. The Balaban J connectivity index is 2.75. The largest absolute Gasteiger partial charge is 0.397 e. The van der Waals surface area contributed by atoms with E-state index in [0.717, 1.165) is 0 Å². The smallest absolute Gasteiger partial charge is 0.130 e. The fourth-order valence-electron chi connectivity index (χ4n) is 0.687. The molecule has 0 saturated carbocycles.